The Bertz CT molecular complexity index is 1780. The van der Waals surface area contributed by atoms with Crippen molar-refractivity contribution in [2.24, 2.45) is 5.92 Å². The minimum absolute atomic E-state index is 0.140. The number of piperidine rings is 1. The second kappa shape index (κ2) is 10.8. The van der Waals surface area contributed by atoms with Gasteiger partial charge in [0, 0.05) is 61.5 Å². The number of amides is 2. The van der Waals surface area contributed by atoms with Crippen LogP contribution in [0, 0.1) is 5.92 Å². The smallest absolute Gasteiger partial charge is 0.343 e. The number of carbonyl (C=O) groups is 2. The molecule has 0 aromatic carbocycles. The molecule has 222 valence electrons. The number of aromatic amines is 1. The van der Waals surface area contributed by atoms with E-state index < -0.39 is 24.5 Å². The highest BCUT2D eigenvalue weighted by Gasteiger charge is 2.39. The summed E-state index contributed by atoms with van der Waals surface area (Å²) in [6.45, 7) is 1.45. The summed E-state index contributed by atoms with van der Waals surface area (Å²) in [5, 5.41) is 6.08. The predicted molar refractivity (Wildman–Crippen MR) is 148 cm³/mol. The third-order valence-corrected chi connectivity index (χ3v) is 8.58. The van der Waals surface area contributed by atoms with E-state index in [1.165, 1.54) is 0 Å². The Morgan fingerprint density at radius 2 is 1.98 bits per heavy atom. The van der Waals surface area contributed by atoms with Gasteiger partial charge < -0.3 is 9.80 Å². The molecule has 42 heavy (non-hydrogen) atoms. The first-order valence-corrected chi connectivity index (χ1v) is 14.2. The monoisotopic (exact) mass is 603 g/mol. The van der Waals surface area contributed by atoms with Gasteiger partial charge in [-0.2, -0.15) is 18.3 Å². The van der Waals surface area contributed by atoms with Crippen LogP contribution < -0.4 is 16.3 Å². The highest BCUT2D eigenvalue weighted by molar-refractivity contribution is 6.45. The number of pyridine rings is 1. The molecule has 0 spiro atoms. The molecule has 0 saturated carbocycles. The van der Waals surface area contributed by atoms with Gasteiger partial charge in [-0.05, 0) is 43.0 Å². The lowest BCUT2D eigenvalue weighted by Crippen LogP contribution is -2.45. The van der Waals surface area contributed by atoms with E-state index in [-0.39, 0.29) is 37.0 Å². The van der Waals surface area contributed by atoms with Crippen molar-refractivity contribution in [3.63, 3.8) is 0 Å². The molecule has 0 radical (unpaired) electrons. The van der Waals surface area contributed by atoms with E-state index >= 15 is 0 Å². The van der Waals surface area contributed by atoms with E-state index in [1.54, 1.807) is 38.7 Å². The Morgan fingerprint density at radius 1 is 1.21 bits per heavy atom. The Balaban J connectivity index is 1.25. The van der Waals surface area contributed by atoms with Gasteiger partial charge >= 0.3 is 11.9 Å². The number of halogens is 4. The summed E-state index contributed by atoms with van der Waals surface area (Å²) in [7, 11) is 0. The van der Waals surface area contributed by atoms with Crippen molar-refractivity contribution in [2.75, 3.05) is 26.2 Å². The van der Waals surface area contributed by atoms with E-state index in [1.807, 2.05) is 13.0 Å². The summed E-state index contributed by atoms with van der Waals surface area (Å²) in [5.41, 5.74) is 2.13. The van der Waals surface area contributed by atoms with E-state index in [2.05, 4.69) is 15.1 Å². The van der Waals surface area contributed by atoms with E-state index in [4.69, 9.17) is 11.6 Å². The van der Waals surface area contributed by atoms with Crippen LogP contribution in [0.25, 0.3) is 21.8 Å². The molecule has 1 unspecified atom stereocenters. The first-order valence-electron chi connectivity index (χ1n) is 13.9. The molecule has 5 heterocycles. The molecule has 0 bridgehead atoms. The maximum Gasteiger partial charge on any atom is 0.406 e. The van der Waals surface area contributed by atoms with E-state index in [0.29, 0.717) is 70.4 Å². The number of hydrogen-bond acceptors (Lipinski definition) is 5. The van der Waals surface area contributed by atoms with Crippen LogP contribution in [0.1, 0.15) is 38.6 Å². The average molecular weight is 604 g/mol. The van der Waals surface area contributed by atoms with Crippen LogP contribution >= 0.6 is 11.6 Å². The summed E-state index contributed by atoms with van der Waals surface area (Å²) in [6.07, 6.45) is 1.19. The second-order valence-electron chi connectivity index (χ2n) is 10.9. The zero-order valence-electron chi connectivity index (χ0n) is 22.8. The average Bonchev–Trinajstić information content (AvgIpc) is 3.50. The number of hydrogen-bond donors (Lipinski definition) is 1. The molecule has 3 aromatic rings. The summed E-state index contributed by atoms with van der Waals surface area (Å²) < 4.78 is 44.1. The normalized spacial score (nSPS) is 20.1. The number of aryl methyl sites for hydroxylation is 1. The Labute approximate surface area is 242 Å². The number of carbonyl (C=O) groups excluding carboxylic acids is 2. The molecule has 1 atom stereocenters. The van der Waals surface area contributed by atoms with Crippen molar-refractivity contribution in [3.8, 4) is 0 Å². The van der Waals surface area contributed by atoms with Crippen LogP contribution in [-0.2, 0) is 16.1 Å². The predicted octanol–water partition coefficient (Wildman–Crippen LogP) is 2.04. The Kier molecular flexibility index (Phi) is 7.24. The van der Waals surface area contributed by atoms with Crippen molar-refractivity contribution in [3.05, 3.63) is 57.2 Å². The van der Waals surface area contributed by atoms with E-state index in [0.717, 1.165) is 4.90 Å². The maximum atomic E-state index is 13.6. The van der Waals surface area contributed by atoms with Gasteiger partial charge in [0.25, 0.3) is 0 Å². The van der Waals surface area contributed by atoms with Crippen molar-refractivity contribution < 1.29 is 22.8 Å². The van der Waals surface area contributed by atoms with Crippen molar-refractivity contribution in [2.45, 2.75) is 51.4 Å². The standard InChI is InChI=1S/C28H29ClF3N7O3/c1-2-38-24-19(13-34-38)20-14-37(15-28(30,31)32)26(41)17(10-16(20)11-21(24)29)12-23(40)36-8-5-18(6-9-36)39-22-4-3-7-33-25(22)35-27(39)42/h3-4,7,10,13,17-18H,2,5-6,8-9,11-12,14-15H2,1H3,(H,33,35,42). The maximum absolute atomic E-state index is 13.6. The quantitative estimate of drug-likeness (QED) is 0.480. The van der Waals surface area contributed by atoms with Gasteiger partial charge in [0.15, 0.2) is 5.65 Å². The molecule has 2 aliphatic heterocycles. The number of imidazole rings is 1. The highest BCUT2D eigenvalue weighted by Crippen LogP contribution is 2.33. The minimum Gasteiger partial charge on any atom is -0.343 e. The Hall–Kier alpha value is -3.87. The van der Waals surface area contributed by atoms with Crippen molar-refractivity contribution >= 4 is 45.2 Å². The zero-order chi connectivity index (χ0) is 29.8. The lowest BCUT2D eigenvalue weighted by Gasteiger charge is -2.33. The van der Waals surface area contributed by atoms with Crippen LogP contribution in [0.5, 0.6) is 0 Å². The summed E-state index contributed by atoms with van der Waals surface area (Å²) in [5.74, 6) is -2.14. The molecule has 10 nitrogen and oxygen atoms in total. The number of nitrogens with one attached hydrogen (secondary N) is 1. The molecule has 14 heteroatoms. The number of likely N-dealkylation sites (tertiary alicyclic amines) is 1. The number of rotatable bonds is 5. The molecular weight excluding hydrogens is 575 g/mol. The fraction of sp³-hybridized carbons (Fsp3) is 0.464. The van der Waals surface area contributed by atoms with Crippen LogP contribution in [0.3, 0.4) is 0 Å². The van der Waals surface area contributed by atoms with Gasteiger partial charge in [0.2, 0.25) is 11.8 Å². The first-order chi connectivity index (χ1) is 20.0. The van der Waals surface area contributed by atoms with Crippen molar-refractivity contribution in [1.29, 1.82) is 0 Å². The van der Waals surface area contributed by atoms with Gasteiger partial charge in [0.05, 0.1) is 23.0 Å². The molecule has 1 saturated heterocycles. The highest BCUT2D eigenvalue weighted by atomic mass is 35.5. The largest absolute Gasteiger partial charge is 0.406 e. The molecule has 3 aromatic heterocycles. The third kappa shape index (κ3) is 5.14. The number of fused-ring (bicyclic) bond motifs is 3. The van der Waals surface area contributed by atoms with Gasteiger partial charge in [-0.3, -0.25) is 23.8 Å². The van der Waals surface area contributed by atoms with Crippen molar-refractivity contribution in [1.82, 2.24) is 34.1 Å². The molecule has 1 N–H and O–H groups in total. The van der Waals surface area contributed by atoms with Crippen LogP contribution in [0.2, 0.25) is 0 Å². The molecule has 3 aliphatic rings. The fourth-order valence-electron chi connectivity index (χ4n) is 6.33. The summed E-state index contributed by atoms with van der Waals surface area (Å²) in [6, 6.07) is 3.42. The van der Waals surface area contributed by atoms with E-state index in [9.17, 15) is 27.6 Å². The lowest BCUT2D eigenvalue weighted by molar-refractivity contribution is -0.162. The second-order valence-corrected chi connectivity index (χ2v) is 11.3. The van der Waals surface area contributed by atoms with Gasteiger partial charge in [-0.15, -0.1) is 0 Å². The third-order valence-electron chi connectivity index (χ3n) is 8.27. The number of nitrogens with zero attached hydrogens (tertiary/aromatic N) is 6. The van der Waals surface area contributed by atoms with Gasteiger partial charge in [-0.1, -0.05) is 17.7 Å². The van der Waals surface area contributed by atoms with Crippen LogP contribution in [0.4, 0.5) is 13.2 Å². The SMILES string of the molecule is CCn1ncc2c1=C(Cl)CC1=CC(CC(=O)N3CCC(n4c(=O)[nH]c5ncccc54)CC3)C(=O)N(CC(F)(F)F)CC=21. The van der Waals surface area contributed by atoms with Crippen LogP contribution in [0.15, 0.2) is 41.0 Å². The van der Waals surface area contributed by atoms with Gasteiger partial charge in [-0.25, -0.2) is 9.78 Å². The van der Waals surface area contributed by atoms with Crippen LogP contribution in [-0.4, -0.2) is 78.3 Å². The number of alkyl halides is 3. The molecular formula is C28H29ClF3N7O3. The topological polar surface area (TPSA) is 109 Å². The zero-order valence-corrected chi connectivity index (χ0v) is 23.6. The minimum atomic E-state index is -4.61. The molecule has 1 fully saturated rings. The molecule has 1 aliphatic carbocycles. The number of H-pyrrole nitrogens is 1. The Morgan fingerprint density at radius 3 is 2.69 bits per heavy atom. The summed E-state index contributed by atoms with van der Waals surface area (Å²) >= 11 is 6.62. The molecule has 6 rings (SSSR count). The fourth-order valence-corrected chi connectivity index (χ4v) is 6.68. The lowest BCUT2D eigenvalue weighted by atomic mass is 9.92. The van der Waals surface area contributed by atoms with Gasteiger partial charge in [0.1, 0.15) is 6.54 Å². The number of aromatic nitrogens is 5. The first kappa shape index (κ1) is 28.3. The summed E-state index contributed by atoms with van der Waals surface area (Å²) in [4.78, 5) is 48.9. The molecule has 2 amide bonds.